The quantitative estimate of drug-likeness (QED) is 0.247. The number of hydroxylamine groups is 1. The standard InChI is InChI=1S/C27H31N3O6S/c1-16(2)21-15-37-24(28-21)18-9-7-8-10-22(18)30(35-6)23(14-31)17-11-12-20(19(13-17)25(32)33)29-26(34)36-27(3,4)5/h7-16,23H,1-6H3,(H,29,34)(H,32,33). The summed E-state index contributed by atoms with van der Waals surface area (Å²) in [6.45, 7) is 9.24. The molecule has 0 aliphatic carbocycles. The van der Waals surface area contributed by atoms with Crippen LogP contribution in [-0.2, 0) is 14.4 Å². The highest BCUT2D eigenvalue weighted by molar-refractivity contribution is 7.13. The van der Waals surface area contributed by atoms with Crippen LogP contribution in [0.25, 0.3) is 10.6 Å². The lowest BCUT2D eigenvalue weighted by molar-refractivity contribution is -0.110. The molecule has 37 heavy (non-hydrogen) atoms. The van der Waals surface area contributed by atoms with Gasteiger partial charge in [-0.15, -0.1) is 11.3 Å². The van der Waals surface area contributed by atoms with E-state index >= 15 is 0 Å². The van der Waals surface area contributed by atoms with Gasteiger partial charge in [0.1, 0.15) is 22.9 Å². The average Bonchev–Trinajstić information content (AvgIpc) is 3.32. The molecule has 1 amide bonds. The number of hydrogen-bond acceptors (Lipinski definition) is 8. The molecule has 2 aromatic carbocycles. The van der Waals surface area contributed by atoms with Gasteiger partial charge in [0.2, 0.25) is 0 Å². The molecule has 10 heteroatoms. The van der Waals surface area contributed by atoms with E-state index in [-0.39, 0.29) is 17.2 Å². The molecule has 1 unspecified atom stereocenters. The van der Waals surface area contributed by atoms with Crippen molar-refractivity contribution >= 4 is 41.1 Å². The van der Waals surface area contributed by atoms with Crippen molar-refractivity contribution < 1.29 is 29.1 Å². The number of amides is 1. The topological polar surface area (TPSA) is 118 Å². The third-order valence-electron chi connectivity index (χ3n) is 5.31. The van der Waals surface area contributed by atoms with E-state index in [4.69, 9.17) is 14.6 Å². The Morgan fingerprint density at radius 2 is 1.86 bits per heavy atom. The Kier molecular flexibility index (Phi) is 8.67. The zero-order valence-corrected chi connectivity index (χ0v) is 22.5. The molecule has 1 heterocycles. The predicted molar refractivity (Wildman–Crippen MR) is 143 cm³/mol. The number of ether oxygens (including phenoxy) is 1. The monoisotopic (exact) mass is 525 g/mol. The van der Waals surface area contributed by atoms with E-state index in [1.165, 1.54) is 35.6 Å². The van der Waals surface area contributed by atoms with Crippen molar-refractivity contribution in [1.29, 1.82) is 0 Å². The zero-order chi connectivity index (χ0) is 27.3. The molecule has 0 fully saturated rings. The smallest absolute Gasteiger partial charge is 0.412 e. The second kappa shape index (κ2) is 11.5. The van der Waals surface area contributed by atoms with E-state index in [0.717, 1.165) is 16.3 Å². The summed E-state index contributed by atoms with van der Waals surface area (Å²) in [5.41, 5.74) is 1.79. The summed E-state index contributed by atoms with van der Waals surface area (Å²) in [6, 6.07) is 10.7. The normalized spacial score (nSPS) is 12.2. The first-order valence-corrected chi connectivity index (χ1v) is 12.5. The van der Waals surface area contributed by atoms with Crippen molar-refractivity contribution in [1.82, 2.24) is 4.98 Å². The minimum Gasteiger partial charge on any atom is -0.478 e. The fourth-order valence-corrected chi connectivity index (χ4v) is 4.61. The van der Waals surface area contributed by atoms with Gasteiger partial charge in [-0.25, -0.2) is 19.6 Å². The van der Waals surface area contributed by atoms with E-state index < -0.39 is 23.7 Å². The van der Waals surface area contributed by atoms with Gasteiger partial charge in [-0.1, -0.05) is 32.0 Å². The first-order chi connectivity index (χ1) is 17.4. The molecule has 0 bridgehead atoms. The Labute approximate surface area is 220 Å². The molecule has 3 aromatic rings. The molecule has 1 atom stereocenters. The Morgan fingerprint density at radius 3 is 2.43 bits per heavy atom. The summed E-state index contributed by atoms with van der Waals surface area (Å²) >= 11 is 1.49. The maximum atomic E-state index is 12.3. The number of aldehydes is 1. The molecule has 0 saturated heterocycles. The predicted octanol–water partition coefficient (Wildman–Crippen LogP) is 6.29. The molecule has 3 rings (SSSR count). The second-order valence-corrected chi connectivity index (χ2v) is 10.4. The molecular weight excluding hydrogens is 494 g/mol. The summed E-state index contributed by atoms with van der Waals surface area (Å²) < 4.78 is 5.23. The third kappa shape index (κ3) is 6.72. The van der Waals surface area contributed by atoms with Crippen molar-refractivity contribution in [2.24, 2.45) is 0 Å². The van der Waals surface area contributed by atoms with Crippen LogP contribution >= 0.6 is 11.3 Å². The minimum atomic E-state index is -1.27. The van der Waals surface area contributed by atoms with Gasteiger partial charge in [-0.05, 0) is 56.5 Å². The van der Waals surface area contributed by atoms with E-state index in [9.17, 15) is 19.5 Å². The Balaban J connectivity index is 2.01. The lowest BCUT2D eigenvalue weighted by atomic mass is 10.0. The lowest BCUT2D eigenvalue weighted by Gasteiger charge is -2.29. The Hall–Kier alpha value is -3.76. The SMILES string of the molecule is CON(c1ccccc1-c1nc(C(C)C)cs1)C(C=O)c1ccc(NC(=O)OC(C)(C)C)c(C(=O)O)c1. The molecule has 9 nitrogen and oxygen atoms in total. The fraction of sp³-hybridized carbons (Fsp3) is 0.333. The summed E-state index contributed by atoms with van der Waals surface area (Å²) in [7, 11) is 1.44. The first-order valence-electron chi connectivity index (χ1n) is 11.7. The summed E-state index contributed by atoms with van der Waals surface area (Å²) in [4.78, 5) is 47.0. The van der Waals surface area contributed by atoms with Gasteiger partial charge in [-0.3, -0.25) is 10.2 Å². The second-order valence-electron chi connectivity index (χ2n) is 9.58. The average molecular weight is 526 g/mol. The molecule has 0 spiro atoms. The highest BCUT2D eigenvalue weighted by Crippen LogP contribution is 2.38. The number of carbonyl (C=O) groups is 3. The maximum absolute atomic E-state index is 12.3. The molecular formula is C27H31N3O6S. The maximum Gasteiger partial charge on any atom is 0.412 e. The number of nitrogens with zero attached hydrogens (tertiary/aromatic N) is 2. The summed E-state index contributed by atoms with van der Waals surface area (Å²) in [5.74, 6) is -1.01. The van der Waals surface area contributed by atoms with Crippen LogP contribution in [0.2, 0.25) is 0 Å². The van der Waals surface area contributed by atoms with Crippen LogP contribution in [-0.4, -0.2) is 41.2 Å². The van der Waals surface area contributed by atoms with Crippen LogP contribution in [0, 0.1) is 0 Å². The third-order valence-corrected chi connectivity index (χ3v) is 6.21. The molecule has 0 aliphatic heterocycles. The fourth-order valence-electron chi connectivity index (χ4n) is 3.60. The van der Waals surface area contributed by atoms with Crippen LogP contribution in [0.5, 0.6) is 0 Å². The number of rotatable bonds is 9. The number of carboxylic acid groups (broad SMARTS) is 1. The minimum absolute atomic E-state index is 0.0449. The van der Waals surface area contributed by atoms with Gasteiger partial charge in [0.05, 0.1) is 29.7 Å². The highest BCUT2D eigenvalue weighted by atomic mass is 32.1. The van der Waals surface area contributed by atoms with E-state index in [0.29, 0.717) is 17.5 Å². The van der Waals surface area contributed by atoms with Crippen LogP contribution < -0.4 is 10.4 Å². The van der Waals surface area contributed by atoms with Gasteiger partial charge >= 0.3 is 12.1 Å². The number of thiazole rings is 1. The van der Waals surface area contributed by atoms with E-state index in [2.05, 4.69) is 19.2 Å². The Morgan fingerprint density at radius 1 is 1.16 bits per heavy atom. The number of hydrogen-bond donors (Lipinski definition) is 2. The van der Waals surface area contributed by atoms with Crippen molar-refractivity contribution in [3.63, 3.8) is 0 Å². The van der Waals surface area contributed by atoms with Crippen molar-refractivity contribution in [2.45, 2.75) is 52.2 Å². The van der Waals surface area contributed by atoms with Gasteiger partial charge < -0.3 is 14.6 Å². The van der Waals surface area contributed by atoms with E-state index in [1.807, 2.05) is 29.6 Å². The number of para-hydroxylation sites is 1. The molecule has 0 radical (unpaired) electrons. The van der Waals surface area contributed by atoms with Crippen LogP contribution in [0.1, 0.15) is 68.2 Å². The van der Waals surface area contributed by atoms with Crippen molar-refractivity contribution in [3.05, 3.63) is 64.7 Å². The number of aromatic nitrogens is 1. The van der Waals surface area contributed by atoms with Crippen molar-refractivity contribution in [3.8, 4) is 10.6 Å². The lowest BCUT2D eigenvalue weighted by Crippen LogP contribution is -2.30. The van der Waals surface area contributed by atoms with Crippen molar-refractivity contribution in [2.75, 3.05) is 17.5 Å². The first kappa shape index (κ1) is 27.8. The van der Waals surface area contributed by atoms with Crippen LogP contribution in [0.4, 0.5) is 16.2 Å². The zero-order valence-electron chi connectivity index (χ0n) is 21.6. The molecule has 1 aromatic heterocycles. The number of nitrogens with one attached hydrogen (secondary N) is 1. The van der Waals surface area contributed by atoms with Gasteiger partial charge in [0.25, 0.3) is 0 Å². The van der Waals surface area contributed by atoms with Crippen LogP contribution in [0.3, 0.4) is 0 Å². The van der Waals surface area contributed by atoms with Gasteiger partial charge in [0.15, 0.2) is 0 Å². The van der Waals surface area contributed by atoms with E-state index in [1.54, 1.807) is 26.8 Å². The number of carbonyl (C=O) groups excluding carboxylic acids is 2. The highest BCUT2D eigenvalue weighted by Gasteiger charge is 2.27. The largest absolute Gasteiger partial charge is 0.478 e. The number of aromatic carboxylic acids is 1. The Bertz CT molecular complexity index is 1280. The summed E-state index contributed by atoms with van der Waals surface area (Å²) in [6.07, 6.45) is -0.116. The molecule has 0 aliphatic rings. The number of benzene rings is 2. The number of anilines is 2. The van der Waals surface area contributed by atoms with Gasteiger partial charge in [0, 0.05) is 10.9 Å². The summed E-state index contributed by atoms with van der Waals surface area (Å²) in [5, 5.41) is 16.5. The van der Waals surface area contributed by atoms with Gasteiger partial charge in [-0.2, -0.15) is 0 Å². The molecule has 196 valence electrons. The molecule has 2 N–H and O–H groups in total. The van der Waals surface area contributed by atoms with Crippen LogP contribution in [0.15, 0.2) is 47.8 Å². The molecule has 0 saturated carbocycles. The number of carboxylic acids is 1.